The molecule has 138 valence electrons. The summed E-state index contributed by atoms with van der Waals surface area (Å²) in [6.45, 7) is 0. The van der Waals surface area contributed by atoms with E-state index in [2.05, 4.69) is 20.7 Å². The number of hydrogen-bond donors (Lipinski definition) is 2. The van der Waals surface area contributed by atoms with Crippen LogP contribution >= 0.6 is 11.6 Å². The predicted molar refractivity (Wildman–Crippen MR) is 104 cm³/mol. The van der Waals surface area contributed by atoms with Crippen LogP contribution in [0.5, 0.6) is 11.5 Å². The number of nitrogens with zero attached hydrogens (tertiary/aromatic N) is 2. The highest BCUT2D eigenvalue weighted by molar-refractivity contribution is 6.31. The summed E-state index contributed by atoms with van der Waals surface area (Å²) in [6, 6.07) is 12.3. The number of benzene rings is 2. The Balaban J connectivity index is 1.75. The summed E-state index contributed by atoms with van der Waals surface area (Å²) >= 11 is 5.95. The number of amides is 1. The van der Waals surface area contributed by atoms with Crippen molar-refractivity contribution in [1.82, 2.24) is 15.6 Å². The van der Waals surface area contributed by atoms with Crippen molar-refractivity contribution in [2.45, 2.75) is 0 Å². The molecule has 0 bridgehead atoms. The quantitative estimate of drug-likeness (QED) is 0.502. The molecule has 0 radical (unpaired) electrons. The largest absolute Gasteiger partial charge is 0.497 e. The third-order valence-corrected chi connectivity index (χ3v) is 4.06. The van der Waals surface area contributed by atoms with Gasteiger partial charge in [-0.1, -0.05) is 11.6 Å². The van der Waals surface area contributed by atoms with E-state index in [1.807, 2.05) is 24.3 Å². The van der Waals surface area contributed by atoms with E-state index in [0.717, 1.165) is 22.6 Å². The van der Waals surface area contributed by atoms with E-state index in [9.17, 15) is 4.79 Å². The van der Waals surface area contributed by atoms with E-state index in [-0.39, 0.29) is 0 Å². The van der Waals surface area contributed by atoms with Gasteiger partial charge in [-0.25, -0.2) is 5.43 Å². The smallest absolute Gasteiger partial charge is 0.275 e. The number of carbonyl (C=O) groups excluding carboxylic acids is 1. The van der Waals surface area contributed by atoms with Crippen LogP contribution in [0.2, 0.25) is 5.02 Å². The zero-order valence-corrected chi connectivity index (χ0v) is 15.4. The van der Waals surface area contributed by atoms with Gasteiger partial charge in [-0.2, -0.15) is 10.2 Å². The number of aromatic nitrogens is 2. The Kier molecular flexibility index (Phi) is 5.73. The average molecular weight is 385 g/mol. The van der Waals surface area contributed by atoms with Crippen molar-refractivity contribution in [3.63, 3.8) is 0 Å². The lowest BCUT2D eigenvalue weighted by atomic mass is 10.1. The predicted octanol–water partition coefficient (Wildman–Crippen LogP) is 3.51. The molecule has 3 rings (SSSR count). The van der Waals surface area contributed by atoms with Crippen LogP contribution in [0.25, 0.3) is 11.3 Å². The van der Waals surface area contributed by atoms with Gasteiger partial charge < -0.3 is 9.47 Å². The van der Waals surface area contributed by atoms with Crippen molar-refractivity contribution in [1.29, 1.82) is 0 Å². The molecule has 0 fully saturated rings. The molecule has 0 saturated carbocycles. The van der Waals surface area contributed by atoms with Crippen molar-refractivity contribution in [2.75, 3.05) is 14.2 Å². The van der Waals surface area contributed by atoms with Crippen LogP contribution in [0.1, 0.15) is 15.9 Å². The van der Waals surface area contributed by atoms with E-state index in [1.54, 1.807) is 25.4 Å². The molecule has 0 aliphatic carbocycles. The first kappa shape index (κ1) is 18.5. The molecule has 0 aliphatic rings. The minimum Gasteiger partial charge on any atom is -0.497 e. The maximum atomic E-state index is 12.3. The molecule has 8 heteroatoms. The van der Waals surface area contributed by atoms with E-state index in [0.29, 0.717) is 16.3 Å². The molecule has 1 heterocycles. The van der Waals surface area contributed by atoms with Gasteiger partial charge in [0.25, 0.3) is 5.91 Å². The zero-order valence-electron chi connectivity index (χ0n) is 14.7. The third kappa shape index (κ3) is 4.27. The van der Waals surface area contributed by atoms with Gasteiger partial charge >= 0.3 is 0 Å². The van der Waals surface area contributed by atoms with Gasteiger partial charge in [-0.15, -0.1) is 0 Å². The number of carbonyl (C=O) groups is 1. The highest BCUT2D eigenvalue weighted by Gasteiger charge is 2.12. The number of H-pyrrole nitrogens is 1. The molecule has 0 spiro atoms. The fourth-order valence-corrected chi connectivity index (χ4v) is 2.63. The standard InChI is InChI=1S/C19H17ClN4O3/c1-26-15-6-3-12(4-7-15)18-13(10-21-23-18)11-22-24-19(25)16-9-14(20)5-8-17(16)27-2/h3-11H,1-2H3,(H,21,23)(H,24,25)/b22-11+. The van der Waals surface area contributed by atoms with E-state index in [1.165, 1.54) is 19.4 Å². The highest BCUT2D eigenvalue weighted by Crippen LogP contribution is 2.23. The minimum atomic E-state index is -0.430. The van der Waals surface area contributed by atoms with Crippen LogP contribution in [0.3, 0.4) is 0 Å². The van der Waals surface area contributed by atoms with Crippen LogP contribution in [0.4, 0.5) is 0 Å². The summed E-state index contributed by atoms with van der Waals surface area (Å²) in [4.78, 5) is 12.3. The lowest BCUT2D eigenvalue weighted by Gasteiger charge is -2.07. The highest BCUT2D eigenvalue weighted by atomic mass is 35.5. The van der Waals surface area contributed by atoms with Gasteiger partial charge in [-0.3, -0.25) is 9.89 Å². The molecule has 0 atom stereocenters. The van der Waals surface area contributed by atoms with Crippen LogP contribution in [0.15, 0.2) is 53.8 Å². The maximum absolute atomic E-state index is 12.3. The lowest BCUT2D eigenvalue weighted by molar-refractivity contribution is 0.0952. The first-order valence-corrected chi connectivity index (χ1v) is 8.35. The first-order chi connectivity index (χ1) is 13.1. The molecular formula is C19H17ClN4O3. The van der Waals surface area contributed by atoms with Crippen LogP contribution in [-0.4, -0.2) is 36.5 Å². The normalized spacial score (nSPS) is 10.8. The summed E-state index contributed by atoms with van der Waals surface area (Å²) < 4.78 is 10.3. The zero-order chi connectivity index (χ0) is 19.2. The Morgan fingerprint density at radius 3 is 2.67 bits per heavy atom. The molecule has 3 aromatic rings. The van der Waals surface area contributed by atoms with Gasteiger partial charge in [0, 0.05) is 16.1 Å². The Morgan fingerprint density at radius 2 is 1.96 bits per heavy atom. The van der Waals surface area contributed by atoms with Crippen molar-refractivity contribution >= 4 is 23.7 Å². The molecule has 0 aliphatic heterocycles. The second-order valence-corrected chi connectivity index (χ2v) is 5.91. The summed E-state index contributed by atoms with van der Waals surface area (Å²) in [5.74, 6) is 0.741. The van der Waals surface area contributed by atoms with Gasteiger partial charge in [0.15, 0.2) is 0 Å². The Bertz CT molecular complexity index is 967. The fourth-order valence-electron chi connectivity index (χ4n) is 2.46. The Morgan fingerprint density at radius 1 is 1.19 bits per heavy atom. The molecule has 7 nitrogen and oxygen atoms in total. The fraction of sp³-hybridized carbons (Fsp3) is 0.105. The number of hydrazone groups is 1. The number of ether oxygens (including phenoxy) is 2. The molecular weight excluding hydrogens is 368 g/mol. The van der Waals surface area contributed by atoms with Gasteiger partial charge in [0.1, 0.15) is 11.5 Å². The minimum absolute atomic E-state index is 0.296. The number of methoxy groups -OCH3 is 2. The van der Waals surface area contributed by atoms with Crippen molar-refractivity contribution in [3.05, 3.63) is 64.8 Å². The summed E-state index contributed by atoms with van der Waals surface area (Å²) in [5.41, 5.74) is 5.17. The maximum Gasteiger partial charge on any atom is 0.275 e. The third-order valence-electron chi connectivity index (χ3n) is 3.82. The second kappa shape index (κ2) is 8.37. The van der Waals surface area contributed by atoms with Gasteiger partial charge in [-0.05, 0) is 42.5 Å². The number of hydrogen-bond acceptors (Lipinski definition) is 5. The summed E-state index contributed by atoms with van der Waals surface area (Å²) in [5, 5.41) is 11.4. The molecule has 0 saturated heterocycles. The number of nitrogens with one attached hydrogen (secondary N) is 2. The van der Waals surface area contributed by atoms with E-state index in [4.69, 9.17) is 21.1 Å². The average Bonchev–Trinajstić information content (AvgIpc) is 3.16. The monoisotopic (exact) mass is 384 g/mol. The molecule has 27 heavy (non-hydrogen) atoms. The van der Waals surface area contributed by atoms with Crippen molar-refractivity contribution in [2.24, 2.45) is 5.10 Å². The van der Waals surface area contributed by atoms with E-state index < -0.39 is 5.91 Å². The van der Waals surface area contributed by atoms with Crippen LogP contribution in [-0.2, 0) is 0 Å². The molecule has 2 aromatic carbocycles. The number of halogens is 1. The molecule has 0 unspecified atom stereocenters. The summed E-state index contributed by atoms with van der Waals surface area (Å²) in [6.07, 6.45) is 3.13. The Hall–Kier alpha value is -3.32. The topological polar surface area (TPSA) is 88.6 Å². The SMILES string of the molecule is COc1ccc(-c2[nH]ncc2/C=N/NC(=O)c2cc(Cl)ccc2OC)cc1. The number of aromatic amines is 1. The summed E-state index contributed by atoms with van der Waals surface area (Å²) in [7, 11) is 3.09. The first-order valence-electron chi connectivity index (χ1n) is 7.97. The van der Waals surface area contributed by atoms with Gasteiger partial charge in [0.2, 0.25) is 0 Å². The molecule has 2 N–H and O–H groups in total. The second-order valence-electron chi connectivity index (χ2n) is 5.47. The molecule has 1 aromatic heterocycles. The lowest BCUT2D eigenvalue weighted by Crippen LogP contribution is -2.18. The van der Waals surface area contributed by atoms with Crippen molar-refractivity contribution < 1.29 is 14.3 Å². The molecule has 1 amide bonds. The van der Waals surface area contributed by atoms with Gasteiger partial charge in [0.05, 0.1) is 37.9 Å². The van der Waals surface area contributed by atoms with Crippen molar-refractivity contribution in [3.8, 4) is 22.8 Å². The van der Waals surface area contributed by atoms with Crippen LogP contribution < -0.4 is 14.9 Å². The Labute approximate surface area is 161 Å². The van der Waals surface area contributed by atoms with E-state index >= 15 is 0 Å². The van der Waals surface area contributed by atoms with Crippen LogP contribution in [0, 0.1) is 0 Å². The number of rotatable bonds is 6.